The smallest absolute Gasteiger partial charge is 0.251 e. The maximum atomic E-state index is 12.0. The van der Waals surface area contributed by atoms with Crippen LogP contribution in [0.2, 0.25) is 5.02 Å². The maximum absolute atomic E-state index is 12.0. The van der Waals surface area contributed by atoms with E-state index in [1.807, 2.05) is 37.3 Å². The molecule has 0 saturated heterocycles. The number of aryl methyl sites for hydroxylation is 1. The van der Waals surface area contributed by atoms with Crippen LogP contribution in [0.1, 0.15) is 27.0 Å². The second kappa shape index (κ2) is 6.55. The monoisotopic (exact) mass is 288 g/mol. The van der Waals surface area contributed by atoms with Gasteiger partial charge in [0.25, 0.3) is 5.91 Å². The van der Waals surface area contributed by atoms with Crippen LogP contribution in [0.3, 0.4) is 0 Å². The fourth-order valence-corrected chi connectivity index (χ4v) is 1.99. The number of amides is 1. The molecule has 0 aliphatic carbocycles. The number of carbonyl (C=O) groups is 1. The summed E-state index contributed by atoms with van der Waals surface area (Å²) < 4.78 is 0. The Morgan fingerprint density at radius 2 is 1.80 bits per heavy atom. The fraction of sp³-hybridized carbons (Fsp3) is 0.188. The van der Waals surface area contributed by atoms with E-state index in [0.717, 1.165) is 16.7 Å². The van der Waals surface area contributed by atoms with Gasteiger partial charge in [0.15, 0.2) is 0 Å². The van der Waals surface area contributed by atoms with E-state index < -0.39 is 0 Å². The summed E-state index contributed by atoms with van der Waals surface area (Å²) in [5, 5.41) is 3.47. The van der Waals surface area contributed by atoms with Gasteiger partial charge >= 0.3 is 0 Å². The van der Waals surface area contributed by atoms with Gasteiger partial charge in [-0.15, -0.1) is 0 Å². The van der Waals surface area contributed by atoms with Gasteiger partial charge in [-0.05, 0) is 35.7 Å². The van der Waals surface area contributed by atoms with Gasteiger partial charge in [0.1, 0.15) is 0 Å². The molecule has 0 heterocycles. The molecule has 0 saturated carbocycles. The van der Waals surface area contributed by atoms with Crippen LogP contribution in [0.25, 0.3) is 0 Å². The second-order valence-electron chi connectivity index (χ2n) is 4.67. The van der Waals surface area contributed by atoms with Crippen LogP contribution in [0, 0.1) is 6.92 Å². The Kier molecular flexibility index (Phi) is 4.77. The molecule has 0 atom stereocenters. The lowest BCUT2D eigenvalue weighted by atomic mass is 10.1. The van der Waals surface area contributed by atoms with Crippen LogP contribution in [0.15, 0.2) is 42.5 Å². The van der Waals surface area contributed by atoms with Crippen LogP contribution in [-0.2, 0) is 13.1 Å². The summed E-state index contributed by atoms with van der Waals surface area (Å²) in [6, 6.07) is 13.1. The topological polar surface area (TPSA) is 55.1 Å². The van der Waals surface area contributed by atoms with Gasteiger partial charge in [0.05, 0.1) is 0 Å². The Morgan fingerprint density at radius 3 is 2.40 bits per heavy atom. The molecule has 0 radical (unpaired) electrons. The van der Waals surface area contributed by atoms with Gasteiger partial charge in [-0.2, -0.15) is 0 Å². The number of benzene rings is 2. The first-order valence-electron chi connectivity index (χ1n) is 6.42. The number of hydrogen-bond donors (Lipinski definition) is 2. The maximum Gasteiger partial charge on any atom is 0.251 e. The zero-order valence-electron chi connectivity index (χ0n) is 11.3. The molecule has 0 aliphatic rings. The summed E-state index contributed by atoms with van der Waals surface area (Å²) in [6.07, 6.45) is 0. The Hall–Kier alpha value is -1.84. The predicted octanol–water partition coefficient (Wildman–Crippen LogP) is 3.04. The largest absolute Gasteiger partial charge is 0.348 e. The van der Waals surface area contributed by atoms with Gasteiger partial charge < -0.3 is 11.1 Å². The van der Waals surface area contributed by atoms with E-state index in [-0.39, 0.29) is 5.91 Å². The predicted molar refractivity (Wildman–Crippen MR) is 81.7 cm³/mol. The quantitative estimate of drug-likeness (QED) is 0.908. The van der Waals surface area contributed by atoms with Crippen molar-refractivity contribution in [2.24, 2.45) is 5.73 Å². The van der Waals surface area contributed by atoms with Crippen molar-refractivity contribution in [2.75, 3.05) is 0 Å². The molecule has 2 aromatic rings. The Labute approximate surface area is 123 Å². The van der Waals surface area contributed by atoms with E-state index in [1.54, 1.807) is 12.1 Å². The fourth-order valence-electron chi connectivity index (χ4n) is 1.81. The Balaban J connectivity index is 1.98. The minimum absolute atomic E-state index is 0.130. The third kappa shape index (κ3) is 3.59. The average Bonchev–Trinajstić information content (AvgIpc) is 2.48. The van der Waals surface area contributed by atoms with Gasteiger partial charge in [-0.3, -0.25) is 4.79 Å². The molecule has 0 aromatic heterocycles. The summed E-state index contributed by atoms with van der Waals surface area (Å²) in [5.74, 6) is -0.130. The molecule has 0 aliphatic heterocycles. The van der Waals surface area contributed by atoms with Crippen molar-refractivity contribution in [3.8, 4) is 0 Å². The van der Waals surface area contributed by atoms with Crippen LogP contribution in [0.4, 0.5) is 0 Å². The first-order valence-corrected chi connectivity index (χ1v) is 6.80. The summed E-state index contributed by atoms with van der Waals surface area (Å²) in [5.41, 5.74) is 9.18. The van der Waals surface area contributed by atoms with Crippen molar-refractivity contribution in [3.63, 3.8) is 0 Å². The third-order valence-corrected chi connectivity index (χ3v) is 3.55. The number of nitrogens with two attached hydrogens (primary N) is 1. The zero-order chi connectivity index (χ0) is 14.5. The Bertz CT molecular complexity index is 608. The molecule has 104 valence electrons. The van der Waals surface area contributed by atoms with E-state index in [9.17, 15) is 4.79 Å². The van der Waals surface area contributed by atoms with Crippen LogP contribution in [0.5, 0.6) is 0 Å². The van der Waals surface area contributed by atoms with Crippen molar-refractivity contribution in [2.45, 2.75) is 20.0 Å². The first-order chi connectivity index (χ1) is 9.60. The van der Waals surface area contributed by atoms with Gasteiger partial charge in [-0.1, -0.05) is 41.9 Å². The Morgan fingerprint density at radius 1 is 1.15 bits per heavy atom. The lowest BCUT2D eigenvalue weighted by molar-refractivity contribution is 0.0951. The van der Waals surface area contributed by atoms with Crippen molar-refractivity contribution in [1.82, 2.24) is 5.32 Å². The zero-order valence-corrected chi connectivity index (χ0v) is 12.1. The van der Waals surface area contributed by atoms with Crippen molar-refractivity contribution in [3.05, 3.63) is 69.7 Å². The molecule has 2 rings (SSSR count). The van der Waals surface area contributed by atoms with Crippen LogP contribution < -0.4 is 11.1 Å². The highest BCUT2D eigenvalue weighted by molar-refractivity contribution is 6.31. The SMILES string of the molecule is Cc1ccc(C(=O)NCc2ccc(CN)cc2)cc1Cl. The lowest BCUT2D eigenvalue weighted by Crippen LogP contribution is -2.22. The number of carbonyl (C=O) groups excluding carboxylic acids is 1. The molecule has 0 spiro atoms. The highest BCUT2D eigenvalue weighted by atomic mass is 35.5. The van der Waals surface area contributed by atoms with Gasteiger partial charge in [0, 0.05) is 23.7 Å². The first kappa shape index (κ1) is 14.6. The minimum atomic E-state index is -0.130. The molecule has 2 aromatic carbocycles. The van der Waals surface area contributed by atoms with Crippen molar-refractivity contribution in [1.29, 1.82) is 0 Å². The van der Waals surface area contributed by atoms with Crippen LogP contribution in [-0.4, -0.2) is 5.91 Å². The van der Waals surface area contributed by atoms with Crippen molar-refractivity contribution < 1.29 is 4.79 Å². The molecular weight excluding hydrogens is 272 g/mol. The molecule has 3 nitrogen and oxygen atoms in total. The van der Waals surface area contributed by atoms with Gasteiger partial charge in [-0.25, -0.2) is 0 Å². The molecule has 0 fully saturated rings. The highest BCUT2D eigenvalue weighted by Crippen LogP contribution is 2.16. The molecule has 0 unspecified atom stereocenters. The highest BCUT2D eigenvalue weighted by Gasteiger charge is 2.07. The van der Waals surface area contributed by atoms with E-state index in [2.05, 4.69) is 5.32 Å². The molecule has 1 amide bonds. The molecule has 20 heavy (non-hydrogen) atoms. The summed E-state index contributed by atoms with van der Waals surface area (Å²) >= 11 is 6.02. The molecule has 4 heteroatoms. The van der Waals surface area contributed by atoms with E-state index >= 15 is 0 Å². The minimum Gasteiger partial charge on any atom is -0.348 e. The van der Waals surface area contributed by atoms with E-state index in [4.69, 9.17) is 17.3 Å². The van der Waals surface area contributed by atoms with E-state index in [0.29, 0.717) is 23.7 Å². The number of rotatable bonds is 4. The summed E-state index contributed by atoms with van der Waals surface area (Å²) in [7, 11) is 0. The number of nitrogens with one attached hydrogen (secondary N) is 1. The van der Waals surface area contributed by atoms with E-state index in [1.165, 1.54) is 0 Å². The summed E-state index contributed by atoms with van der Waals surface area (Å²) in [6.45, 7) is 2.91. The lowest BCUT2D eigenvalue weighted by Gasteiger charge is -2.07. The summed E-state index contributed by atoms with van der Waals surface area (Å²) in [4.78, 5) is 12.0. The molecular formula is C16H17ClN2O. The van der Waals surface area contributed by atoms with Gasteiger partial charge in [0.2, 0.25) is 0 Å². The normalized spacial score (nSPS) is 10.3. The number of hydrogen-bond acceptors (Lipinski definition) is 2. The average molecular weight is 289 g/mol. The van der Waals surface area contributed by atoms with Crippen LogP contribution >= 0.6 is 11.6 Å². The second-order valence-corrected chi connectivity index (χ2v) is 5.07. The molecule has 3 N–H and O–H groups in total. The number of halogens is 1. The third-order valence-electron chi connectivity index (χ3n) is 3.15. The van der Waals surface area contributed by atoms with Crippen molar-refractivity contribution >= 4 is 17.5 Å². The standard InChI is InChI=1S/C16H17ClN2O/c1-11-2-7-14(8-15(11)17)16(20)19-10-13-5-3-12(9-18)4-6-13/h2-8H,9-10,18H2,1H3,(H,19,20). The molecule has 0 bridgehead atoms.